The van der Waals surface area contributed by atoms with Crippen molar-refractivity contribution in [3.63, 3.8) is 0 Å². The number of nitrogens with zero attached hydrogens (tertiary/aromatic N) is 2. The Balaban J connectivity index is 1.80. The van der Waals surface area contributed by atoms with Crippen molar-refractivity contribution in [3.8, 4) is 0 Å². The molecule has 2 atom stereocenters. The number of benzene rings is 3. The highest BCUT2D eigenvalue weighted by Gasteiger charge is 2.51. The molecule has 2 N–H and O–H groups in total. The van der Waals surface area contributed by atoms with Crippen LogP contribution in [-0.2, 0) is 5.60 Å². The highest BCUT2D eigenvalue weighted by Crippen LogP contribution is 2.50. The Bertz CT molecular complexity index is 1020. The van der Waals surface area contributed by atoms with Gasteiger partial charge in [0.05, 0.1) is 5.69 Å². The largest absolute Gasteiger partial charge is 0.376 e. The van der Waals surface area contributed by atoms with Crippen LogP contribution in [-0.4, -0.2) is 47.5 Å². The van der Waals surface area contributed by atoms with Gasteiger partial charge in [-0.15, -0.1) is 0 Å². The summed E-state index contributed by atoms with van der Waals surface area (Å²) in [6, 6.07) is 19.8. The molecule has 0 saturated carbocycles. The Morgan fingerprint density at radius 2 is 1.72 bits per heavy atom. The van der Waals surface area contributed by atoms with E-state index in [1.165, 1.54) is 0 Å². The summed E-state index contributed by atoms with van der Waals surface area (Å²) in [5.74, 6) is 0. The average Bonchev–Trinajstić information content (AvgIpc) is 2.98. The molecule has 0 radical (unpaired) electrons. The second kappa shape index (κ2) is 8.07. The molecule has 0 fully saturated rings. The molecule has 2 unspecified atom stereocenters. The molecule has 4 nitrogen and oxygen atoms in total. The van der Waals surface area contributed by atoms with Crippen molar-refractivity contribution < 1.29 is 10.2 Å². The first kappa shape index (κ1) is 20.4. The lowest BCUT2D eigenvalue weighted by Gasteiger charge is -2.33. The standard InChI is InChI=1S/C24H27BrN2O2/c1-3-26(4-2)14-15-27-22-20(10-7-11-21(22)25)24(29,23(27)28)19-13-12-17-8-5-6-9-18(17)16-19/h5-13,16,23,28-29H,3-4,14-15H2,1-2H3. The maximum atomic E-state index is 11.9. The quantitative estimate of drug-likeness (QED) is 0.582. The molecule has 3 aromatic rings. The van der Waals surface area contributed by atoms with E-state index in [2.05, 4.69) is 40.7 Å². The van der Waals surface area contributed by atoms with Crippen LogP contribution >= 0.6 is 15.9 Å². The van der Waals surface area contributed by atoms with Gasteiger partial charge in [0, 0.05) is 23.1 Å². The van der Waals surface area contributed by atoms with Gasteiger partial charge in [0.1, 0.15) is 0 Å². The van der Waals surface area contributed by atoms with E-state index in [-0.39, 0.29) is 0 Å². The van der Waals surface area contributed by atoms with Crippen LogP contribution in [0.4, 0.5) is 5.69 Å². The highest BCUT2D eigenvalue weighted by molar-refractivity contribution is 9.10. The zero-order valence-corrected chi connectivity index (χ0v) is 18.4. The molecule has 4 rings (SSSR count). The third-order valence-corrected chi connectivity index (χ3v) is 6.73. The van der Waals surface area contributed by atoms with E-state index in [0.29, 0.717) is 12.1 Å². The fraction of sp³-hybridized carbons (Fsp3) is 0.333. The zero-order chi connectivity index (χ0) is 20.6. The SMILES string of the molecule is CCN(CC)CCN1c2c(Br)cccc2C(O)(c2ccc3ccccc3c2)C1O. The van der Waals surface area contributed by atoms with Crippen molar-refractivity contribution in [3.05, 3.63) is 76.3 Å². The lowest BCUT2D eigenvalue weighted by Crippen LogP contribution is -2.48. The topological polar surface area (TPSA) is 46.9 Å². The van der Waals surface area contributed by atoms with E-state index in [1.807, 2.05) is 59.5 Å². The predicted molar refractivity (Wildman–Crippen MR) is 122 cm³/mol. The second-order valence-corrected chi connectivity index (χ2v) is 8.41. The zero-order valence-electron chi connectivity index (χ0n) is 16.8. The highest BCUT2D eigenvalue weighted by atomic mass is 79.9. The van der Waals surface area contributed by atoms with Gasteiger partial charge in [-0.1, -0.05) is 62.4 Å². The Morgan fingerprint density at radius 1 is 1.00 bits per heavy atom. The lowest BCUT2D eigenvalue weighted by atomic mass is 9.86. The number of anilines is 1. The van der Waals surface area contributed by atoms with Crippen LogP contribution in [0.25, 0.3) is 10.8 Å². The molecule has 3 aromatic carbocycles. The number of likely N-dealkylation sites (N-methyl/N-ethyl adjacent to an activating group) is 1. The minimum absolute atomic E-state index is 0.633. The van der Waals surface area contributed by atoms with E-state index in [1.54, 1.807) is 0 Å². The van der Waals surface area contributed by atoms with Crippen LogP contribution in [0.1, 0.15) is 25.0 Å². The smallest absolute Gasteiger partial charge is 0.164 e. The molecular formula is C24H27BrN2O2. The summed E-state index contributed by atoms with van der Waals surface area (Å²) >= 11 is 3.64. The Kier molecular flexibility index (Phi) is 5.67. The van der Waals surface area contributed by atoms with E-state index in [0.717, 1.165) is 46.1 Å². The molecule has 5 heteroatoms. The van der Waals surface area contributed by atoms with E-state index >= 15 is 0 Å². The van der Waals surface area contributed by atoms with Crippen molar-refractivity contribution in [2.45, 2.75) is 25.7 Å². The number of para-hydroxylation sites is 1. The van der Waals surface area contributed by atoms with E-state index < -0.39 is 11.8 Å². The molecule has 29 heavy (non-hydrogen) atoms. The van der Waals surface area contributed by atoms with Gasteiger partial charge >= 0.3 is 0 Å². The summed E-state index contributed by atoms with van der Waals surface area (Å²) in [6.45, 7) is 7.64. The summed E-state index contributed by atoms with van der Waals surface area (Å²) in [5.41, 5.74) is 0.803. The third-order valence-electron chi connectivity index (χ3n) is 6.09. The summed E-state index contributed by atoms with van der Waals surface area (Å²) in [7, 11) is 0. The van der Waals surface area contributed by atoms with Crippen molar-refractivity contribution in [1.82, 2.24) is 4.90 Å². The van der Waals surface area contributed by atoms with Crippen LogP contribution < -0.4 is 4.90 Å². The third kappa shape index (κ3) is 3.36. The first-order valence-corrected chi connectivity index (χ1v) is 11.0. The molecule has 1 aliphatic rings. The lowest BCUT2D eigenvalue weighted by molar-refractivity contribution is -0.0387. The number of fused-ring (bicyclic) bond motifs is 2. The fourth-order valence-electron chi connectivity index (χ4n) is 4.36. The summed E-state index contributed by atoms with van der Waals surface area (Å²) < 4.78 is 0.880. The molecule has 0 bridgehead atoms. The maximum absolute atomic E-state index is 11.9. The summed E-state index contributed by atoms with van der Waals surface area (Å²) in [6.07, 6.45) is -1.06. The molecule has 0 aromatic heterocycles. The van der Waals surface area contributed by atoms with Crippen LogP contribution in [0.2, 0.25) is 0 Å². The average molecular weight is 455 g/mol. The molecule has 0 spiro atoms. The normalized spacial score (nSPS) is 21.2. The number of hydrogen-bond donors (Lipinski definition) is 2. The van der Waals surface area contributed by atoms with Gasteiger partial charge in [-0.3, -0.25) is 0 Å². The molecular weight excluding hydrogens is 428 g/mol. The number of hydrogen-bond acceptors (Lipinski definition) is 4. The van der Waals surface area contributed by atoms with Gasteiger partial charge in [0.15, 0.2) is 11.8 Å². The number of aliphatic hydroxyl groups is 2. The number of aliphatic hydroxyl groups excluding tert-OH is 1. The van der Waals surface area contributed by atoms with Gasteiger partial charge in [0.2, 0.25) is 0 Å². The van der Waals surface area contributed by atoms with Gasteiger partial charge in [-0.2, -0.15) is 0 Å². The molecule has 0 amide bonds. The van der Waals surface area contributed by atoms with Crippen molar-refractivity contribution in [2.75, 3.05) is 31.1 Å². The second-order valence-electron chi connectivity index (χ2n) is 7.56. The Labute approximate surface area is 180 Å². The number of rotatable bonds is 6. The van der Waals surface area contributed by atoms with Crippen LogP contribution in [0.5, 0.6) is 0 Å². The molecule has 0 aliphatic carbocycles. The predicted octanol–water partition coefficient (Wildman–Crippen LogP) is 4.32. The summed E-state index contributed by atoms with van der Waals surface area (Å²) in [4.78, 5) is 4.24. The van der Waals surface area contributed by atoms with Crippen LogP contribution in [0.3, 0.4) is 0 Å². The van der Waals surface area contributed by atoms with Crippen molar-refractivity contribution >= 4 is 32.4 Å². The minimum atomic E-state index is -1.49. The fourth-order valence-corrected chi connectivity index (χ4v) is 4.95. The molecule has 1 aliphatic heterocycles. The summed E-state index contributed by atoms with van der Waals surface area (Å²) in [5, 5.41) is 25.4. The first-order chi connectivity index (χ1) is 14.0. The van der Waals surface area contributed by atoms with Gasteiger partial charge < -0.3 is 20.0 Å². The van der Waals surface area contributed by atoms with E-state index in [4.69, 9.17) is 0 Å². The first-order valence-electron chi connectivity index (χ1n) is 10.2. The van der Waals surface area contributed by atoms with Gasteiger partial charge in [-0.25, -0.2) is 0 Å². The molecule has 152 valence electrons. The van der Waals surface area contributed by atoms with Crippen LogP contribution in [0.15, 0.2) is 65.1 Å². The number of halogens is 1. The molecule has 0 saturated heterocycles. The maximum Gasteiger partial charge on any atom is 0.164 e. The van der Waals surface area contributed by atoms with Crippen molar-refractivity contribution in [2.24, 2.45) is 0 Å². The van der Waals surface area contributed by atoms with Gasteiger partial charge in [0.25, 0.3) is 0 Å². The van der Waals surface area contributed by atoms with Crippen LogP contribution in [0, 0.1) is 0 Å². The minimum Gasteiger partial charge on any atom is -0.376 e. The van der Waals surface area contributed by atoms with Crippen molar-refractivity contribution in [1.29, 1.82) is 0 Å². The monoisotopic (exact) mass is 454 g/mol. The molecule has 1 heterocycles. The Morgan fingerprint density at radius 3 is 2.45 bits per heavy atom. The van der Waals surface area contributed by atoms with Gasteiger partial charge in [-0.05, 0) is 57.5 Å². The van der Waals surface area contributed by atoms with E-state index in [9.17, 15) is 10.2 Å². The Hall–Kier alpha value is -1.92.